The zero-order chi connectivity index (χ0) is 22.2. The summed E-state index contributed by atoms with van der Waals surface area (Å²) in [6, 6.07) is 20.9. The van der Waals surface area contributed by atoms with Crippen molar-refractivity contribution in [3.05, 3.63) is 94.5 Å². The molecule has 0 atom stereocenters. The van der Waals surface area contributed by atoms with Gasteiger partial charge in [0, 0.05) is 16.8 Å². The summed E-state index contributed by atoms with van der Waals surface area (Å²) in [6.45, 7) is 4.68. The van der Waals surface area contributed by atoms with Gasteiger partial charge in [-0.25, -0.2) is 0 Å². The summed E-state index contributed by atoms with van der Waals surface area (Å²) in [6.07, 6.45) is 3.24. The number of carbonyl (C=O) groups excluding carboxylic acids is 1. The Kier molecular flexibility index (Phi) is 7.74. The minimum Gasteiger partial charge on any atom is -0.493 e. The molecule has 5 heteroatoms. The molecular formula is C26H26ClNO3. The number of ether oxygens (including phenoxy) is 2. The molecule has 3 rings (SSSR count). The van der Waals surface area contributed by atoms with Crippen LogP contribution in [0.3, 0.4) is 0 Å². The lowest BCUT2D eigenvalue weighted by molar-refractivity contribution is -0.111. The van der Waals surface area contributed by atoms with Gasteiger partial charge in [0.2, 0.25) is 5.91 Å². The zero-order valence-electron chi connectivity index (χ0n) is 17.9. The predicted molar refractivity (Wildman–Crippen MR) is 127 cm³/mol. The number of methoxy groups -OCH3 is 1. The second-order valence-electron chi connectivity index (χ2n) is 7.42. The molecule has 0 spiro atoms. The minimum atomic E-state index is -0.195. The van der Waals surface area contributed by atoms with Crippen molar-refractivity contribution < 1.29 is 14.3 Å². The Balaban J connectivity index is 1.61. The number of halogens is 1. The van der Waals surface area contributed by atoms with Crippen molar-refractivity contribution in [2.24, 2.45) is 0 Å². The van der Waals surface area contributed by atoms with E-state index in [1.165, 1.54) is 11.6 Å². The quantitative estimate of drug-likeness (QED) is 0.400. The molecule has 0 aromatic heterocycles. The molecule has 160 valence electrons. The summed E-state index contributed by atoms with van der Waals surface area (Å²) in [7, 11) is 1.59. The number of nitrogens with one attached hydrogen (secondary N) is 1. The van der Waals surface area contributed by atoms with Crippen LogP contribution in [0.5, 0.6) is 11.5 Å². The van der Waals surface area contributed by atoms with Gasteiger partial charge in [-0.15, -0.1) is 0 Å². The molecule has 1 amide bonds. The van der Waals surface area contributed by atoms with Crippen LogP contribution in [0, 0.1) is 0 Å². The summed E-state index contributed by atoms with van der Waals surface area (Å²) in [4.78, 5) is 12.2. The molecule has 3 aromatic carbocycles. The molecule has 3 aromatic rings. The molecule has 0 aliphatic rings. The Bertz CT molecular complexity index is 1040. The SMILES string of the molecule is COc1cc(C=CC(=O)Nc2ccc(C(C)C)cc2)ccc1OCc1ccc(Cl)cc1. The molecular weight excluding hydrogens is 410 g/mol. The fourth-order valence-electron chi connectivity index (χ4n) is 2.96. The molecule has 31 heavy (non-hydrogen) atoms. The first-order chi connectivity index (χ1) is 14.9. The van der Waals surface area contributed by atoms with Crippen molar-refractivity contribution in [1.29, 1.82) is 0 Å². The summed E-state index contributed by atoms with van der Waals surface area (Å²) < 4.78 is 11.3. The van der Waals surface area contributed by atoms with Crippen molar-refractivity contribution >= 4 is 29.3 Å². The van der Waals surface area contributed by atoms with Gasteiger partial charge in [0.1, 0.15) is 6.61 Å². The largest absolute Gasteiger partial charge is 0.493 e. The molecule has 0 radical (unpaired) electrons. The molecule has 4 nitrogen and oxygen atoms in total. The Hall–Kier alpha value is -3.24. The van der Waals surface area contributed by atoms with Crippen LogP contribution >= 0.6 is 11.6 Å². The molecule has 0 heterocycles. The summed E-state index contributed by atoms with van der Waals surface area (Å²) in [5.41, 5.74) is 3.84. The zero-order valence-corrected chi connectivity index (χ0v) is 18.6. The number of hydrogen-bond acceptors (Lipinski definition) is 3. The lowest BCUT2D eigenvalue weighted by atomic mass is 10.0. The van der Waals surface area contributed by atoms with E-state index in [1.54, 1.807) is 13.2 Å². The van der Waals surface area contributed by atoms with E-state index in [4.69, 9.17) is 21.1 Å². The second kappa shape index (κ2) is 10.7. The number of benzene rings is 3. The molecule has 0 unspecified atom stereocenters. The van der Waals surface area contributed by atoms with Gasteiger partial charge in [0.05, 0.1) is 7.11 Å². The monoisotopic (exact) mass is 435 g/mol. The van der Waals surface area contributed by atoms with Gasteiger partial charge in [-0.3, -0.25) is 4.79 Å². The number of rotatable bonds is 8. The molecule has 0 saturated carbocycles. The van der Waals surface area contributed by atoms with Gasteiger partial charge in [0.25, 0.3) is 0 Å². The maximum Gasteiger partial charge on any atom is 0.248 e. The average Bonchev–Trinajstić information content (AvgIpc) is 2.78. The van der Waals surface area contributed by atoms with Crippen LogP contribution < -0.4 is 14.8 Å². The number of hydrogen-bond donors (Lipinski definition) is 1. The highest BCUT2D eigenvalue weighted by atomic mass is 35.5. The van der Waals surface area contributed by atoms with Crippen LogP contribution in [0.4, 0.5) is 5.69 Å². The lowest BCUT2D eigenvalue weighted by Crippen LogP contribution is -2.07. The van der Waals surface area contributed by atoms with E-state index in [0.717, 1.165) is 16.8 Å². The van der Waals surface area contributed by atoms with Crippen molar-refractivity contribution in [2.75, 3.05) is 12.4 Å². The third kappa shape index (κ3) is 6.63. The highest BCUT2D eigenvalue weighted by Gasteiger charge is 2.06. The van der Waals surface area contributed by atoms with E-state index in [9.17, 15) is 4.79 Å². The van der Waals surface area contributed by atoms with Crippen LogP contribution in [0.15, 0.2) is 72.8 Å². The fraction of sp³-hybridized carbons (Fsp3) is 0.192. The fourth-order valence-corrected chi connectivity index (χ4v) is 3.08. The third-order valence-corrected chi connectivity index (χ3v) is 5.02. The molecule has 0 fully saturated rings. The molecule has 0 aliphatic carbocycles. The molecule has 1 N–H and O–H groups in total. The Labute approximate surface area is 188 Å². The summed E-state index contributed by atoms with van der Waals surface area (Å²) in [5, 5.41) is 3.56. The van der Waals surface area contributed by atoms with Gasteiger partial charge in [-0.1, -0.05) is 55.8 Å². The van der Waals surface area contributed by atoms with Crippen LogP contribution in [-0.4, -0.2) is 13.0 Å². The van der Waals surface area contributed by atoms with Crippen molar-refractivity contribution in [3.8, 4) is 11.5 Å². The van der Waals surface area contributed by atoms with E-state index in [1.807, 2.05) is 66.7 Å². The van der Waals surface area contributed by atoms with E-state index in [-0.39, 0.29) is 5.91 Å². The maximum absolute atomic E-state index is 12.2. The van der Waals surface area contributed by atoms with Crippen LogP contribution in [0.2, 0.25) is 5.02 Å². The normalized spacial score (nSPS) is 11.0. The first-order valence-corrected chi connectivity index (χ1v) is 10.5. The van der Waals surface area contributed by atoms with Gasteiger partial charge < -0.3 is 14.8 Å². The number of carbonyl (C=O) groups is 1. The Morgan fingerprint density at radius 2 is 1.71 bits per heavy atom. The highest BCUT2D eigenvalue weighted by Crippen LogP contribution is 2.29. The van der Waals surface area contributed by atoms with Gasteiger partial charge in [-0.05, 0) is 65.1 Å². The average molecular weight is 436 g/mol. The van der Waals surface area contributed by atoms with E-state index >= 15 is 0 Å². The van der Waals surface area contributed by atoms with E-state index < -0.39 is 0 Å². The third-order valence-electron chi connectivity index (χ3n) is 4.77. The van der Waals surface area contributed by atoms with E-state index in [0.29, 0.717) is 29.0 Å². The van der Waals surface area contributed by atoms with Crippen LogP contribution in [0.25, 0.3) is 6.08 Å². The first-order valence-electron chi connectivity index (χ1n) is 10.1. The maximum atomic E-state index is 12.2. The van der Waals surface area contributed by atoms with Crippen molar-refractivity contribution in [2.45, 2.75) is 26.4 Å². The van der Waals surface area contributed by atoms with Gasteiger partial charge in [-0.2, -0.15) is 0 Å². The van der Waals surface area contributed by atoms with Crippen LogP contribution in [-0.2, 0) is 11.4 Å². The Morgan fingerprint density at radius 1 is 1.00 bits per heavy atom. The summed E-state index contributed by atoms with van der Waals surface area (Å²) in [5.74, 6) is 1.49. The second-order valence-corrected chi connectivity index (χ2v) is 7.86. The van der Waals surface area contributed by atoms with E-state index in [2.05, 4.69) is 19.2 Å². The topological polar surface area (TPSA) is 47.6 Å². The minimum absolute atomic E-state index is 0.195. The van der Waals surface area contributed by atoms with Crippen molar-refractivity contribution in [3.63, 3.8) is 0 Å². The van der Waals surface area contributed by atoms with Gasteiger partial charge >= 0.3 is 0 Å². The smallest absolute Gasteiger partial charge is 0.248 e. The van der Waals surface area contributed by atoms with Crippen molar-refractivity contribution in [1.82, 2.24) is 0 Å². The highest BCUT2D eigenvalue weighted by molar-refractivity contribution is 6.30. The summed E-state index contributed by atoms with van der Waals surface area (Å²) >= 11 is 5.91. The number of anilines is 1. The molecule has 0 saturated heterocycles. The first kappa shape index (κ1) is 22.4. The van der Waals surface area contributed by atoms with Crippen LogP contribution in [0.1, 0.15) is 36.5 Å². The standard InChI is InChI=1S/C26H26ClNO3/c1-18(2)21-8-12-23(13-9-21)28-26(29)15-7-19-6-14-24(25(16-19)30-3)31-17-20-4-10-22(27)11-5-20/h4-16,18H,17H2,1-3H3,(H,28,29). The molecule has 0 bridgehead atoms. The Morgan fingerprint density at radius 3 is 2.35 bits per heavy atom. The lowest BCUT2D eigenvalue weighted by Gasteiger charge is -2.11. The predicted octanol–water partition coefficient (Wildman–Crippen LogP) is 6.70. The number of amides is 1. The van der Waals surface area contributed by atoms with Gasteiger partial charge in [0.15, 0.2) is 11.5 Å². The molecule has 0 aliphatic heterocycles.